The van der Waals surface area contributed by atoms with E-state index in [2.05, 4.69) is 5.32 Å². The lowest BCUT2D eigenvalue weighted by molar-refractivity contribution is -0.144. The van der Waals surface area contributed by atoms with Crippen molar-refractivity contribution in [1.29, 1.82) is 0 Å². The van der Waals surface area contributed by atoms with E-state index in [4.69, 9.17) is 14.3 Å². The lowest BCUT2D eigenvalue weighted by atomic mass is 9.86. The van der Waals surface area contributed by atoms with E-state index in [1.807, 2.05) is 55.5 Å². The predicted molar refractivity (Wildman–Crippen MR) is 115 cm³/mol. The fourth-order valence-electron chi connectivity index (χ4n) is 3.33. The zero-order valence-electron chi connectivity index (χ0n) is 17.5. The number of carbonyl (C=O) groups is 2. The SMILES string of the molecule is CNC(=O)c1c(C)oc2ccc(OC(C)c3ccccc3)cc12.O=C(O)C1CCC1. The van der Waals surface area contributed by atoms with E-state index >= 15 is 0 Å². The molecule has 1 atom stereocenters. The molecular formula is C24H27NO5. The van der Waals surface area contributed by atoms with Gasteiger partial charge in [-0.2, -0.15) is 0 Å². The Morgan fingerprint density at radius 2 is 1.87 bits per heavy atom. The summed E-state index contributed by atoms with van der Waals surface area (Å²) in [7, 11) is 1.61. The van der Waals surface area contributed by atoms with Crippen LogP contribution in [0, 0.1) is 12.8 Å². The fraction of sp³-hybridized carbons (Fsp3) is 0.333. The number of furan rings is 1. The summed E-state index contributed by atoms with van der Waals surface area (Å²) < 4.78 is 11.7. The maximum absolute atomic E-state index is 12.1. The van der Waals surface area contributed by atoms with Crippen molar-refractivity contribution in [2.24, 2.45) is 5.92 Å². The van der Waals surface area contributed by atoms with Crippen molar-refractivity contribution in [3.63, 3.8) is 0 Å². The molecule has 1 fully saturated rings. The second-order valence-electron chi connectivity index (χ2n) is 7.41. The van der Waals surface area contributed by atoms with Gasteiger partial charge in [-0.3, -0.25) is 9.59 Å². The molecular weight excluding hydrogens is 382 g/mol. The first-order valence-electron chi connectivity index (χ1n) is 10.1. The van der Waals surface area contributed by atoms with Crippen LogP contribution in [0.3, 0.4) is 0 Å². The highest BCUT2D eigenvalue weighted by Gasteiger charge is 2.23. The lowest BCUT2D eigenvalue weighted by Gasteiger charge is -2.19. The molecule has 3 aromatic rings. The standard InChI is InChI=1S/C19H19NO3.C5H8O2/c1-12(14-7-5-4-6-8-14)22-15-9-10-17-16(11-15)18(13(2)23-17)19(21)20-3;6-5(7)4-2-1-3-4/h4-12H,1-3H3,(H,20,21);4H,1-3H2,(H,6,7). The fourth-order valence-corrected chi connectivity index (χ4v) is 3.33. The van der Waals surface area contributed by atoms with Crippen molar-refractivity contribution < 1.29 is 23.8 Å². The summed E-state index contributed by atoms with van der Waals surface area (Å²) in [5.41, 5.74) is 2.34. The van der Waals surface area contributed by atoms with Gasteiger partial charge in [0.1, 0.15) is 23.2 Å². The van der Waals surface area contributed by atoms with Crippen LogP contribution in [0.5, 0.6) is 5.75 Å². The van der Waals surface area contributed by atoms with Gasteiger partial charge in [0.2, 0.25) is 0 Å². The summed E-state index contributed by atoms with van der Waals surface area (Å²) in [5.74, 6) is 0.535. The number of hydrogen-bond donors (Lipinski definition) is 2. The molecule has 1 unspecified atom stereocenters. The van der Waals surface area contributed by atoms with Gasteiger partial charge in [-0.05, 0) is 50.5 Å². The van der Waals surface area contributed by atoms with Crippen LogP contribution in [0.4, 0.5) is 0 Å². The molecule has 1 saturated carbocycles. The van der Waals surface area contributed by atoms with E-state index in [0.29, 0.717) is 22.7 Å². The number of nitrogens with one attached hydrogen (secondary N) is 1. The Bertz CT molecular complexity index is 1020. The number of hydrogen-bond acceptors (Lipinski definition) is 4. The highest BCUT2D eigenvalue weighted by Crippen LogP contribution is 2.31. The first kappa shape index (κ1) is 21.4. The number of aryl methyl sites for hydroxylation is 1. The van der Waals surface area contributed by atoms with Gasteiger partial charge >= 0.3 is 5.97 Å². The number of benzene rings is 2. The molecule has 2 N–H and O–H groups in total. The average Bonchev–Trinajstić information content (AvgIpc) is 3.02. The number of aliphatic carboxylic acids is 1. The number of fused-ring (bicyclic) bond motifs is 1. The molecule has 0 saturated heterocycles. The maximum atomic E-state index is 12.1. The Morgan fingerprint density at radius 1 is 1.17 bits per heavy atom. The van der Waals surface area contributed by atoms with E-state index in [1.165, 1.54) is 0 Å². The second-order valence-corrected chi connectivity index (χ2v) is 7.41. The third-order valence-electron chi connectivity index (χ3n) is 5.33. The molecule has 30 heavy (non-hydrogen) atoms. The van der Waals surface area contributed by atoms with Crippen LogP contribution >= 0.6 is 0 Å². The molecule has 2 aromatic carbocycles. The topological polar surface area (TPSA) is 88.8 Å². The highest BCUT2D eigenvalue weighted by atomic mass is 16.5. The predicted octanol–water partition coefficient (Wildman–Crippen LogP) is 5.11. The summed E-state index contributed by atoms with van der Waals surface area (Å²) in [5, 5.41) is 11.6. The number of rotatable bonds is 5. The van der Waals surface area contributed by atoms with Crippen LogP contribution in [-0.2, 0) is 4.79 Å². The van der Waals surface area contributed by atoms with Crippen molar-refractivity contribution in [3.8, 4) is 5.75 Å². The molecule has 4 rings (SSSR count). The summed E-state index contributed by atoms with van der Waals surface area (Å²) in [6.07, 6.45) is 2.83. The molecule has 0 radical (unpaired) electrons. The monoisotopic (exact) mass is 409 g/mol. The molecule has 1 aliphatic carbocycles. The van der Waals surface area contributed by atoms with E-state index < -0.39 is 5.97 Å². The minimum absolute atomic E-state index is 0.000000000000000444. The molecule has 6 heteroatoms. The molecule has 0 spiro atoms. The van der Waals surface area contributed by atoms with Gasteiger partial charge in [-0.15, -0.1) is 0 Å². The first-order valence-corrected chi connectivity index (χ1v) is 10.1. The van der Waals surface area contributed by atoms with Crippen LogP contribution in [-0.4, -0.2) is 24.0 Å². The van der Waals surface area contributed by atoms with Gasteiger partial charge in [0.25, 0.3) is 5.91 Å². The summed E-state index contributed by atoms with van der Waals surface area (Å²) in [6.45, 7) is 3.79. The smallest absolute Gasteiger partial charge is 0.306 e. The molecule has 0 bridgehead atoms. The van der Waals surface area contributed by atoms with E-state index in [9.17, 15) is 9.59 Å². The Morgan fingerprint density at radius 3 is 2.40 bits per heavy atom. The van der Waals surface area contributed by atoms with Crippen LogP contribution < -0.4 is 10.1 Å². The third-order valence-corrected chi connectivity index (χ3v) is 5.33. The summed E-state index contributed by atoms with van der Waals surface area (Å²) >= 11 is 0. The van der Waals surface area contributed by atoms with Gasteiger partial charge < -0.3 is 19.6 Å². The minimum atomic E-state index is -0.619. The summed E-state index contributed by atoms with van der Waals surface area (Å²) in [4.78, 5) is 22.0. The zero-order chi connectivity index (χ0) is 21.7. The van der Waals surface area contributed by atoms with E-state index in [0.717, 1.165) is 30.2 Å². The average molecular weight is 409 g/mol. The Hall–Kier alpha value is -3.28. The van der Waals surface area contributed by atoms with Gasteiger partial charge in [0, 0.05) is 12.4 Å². The number of carboxylic acids is 1. The zero-order valence-corrected chi connectivity index (χ0v) is 17.5. The number of carbonyl (C=O) groups excluding carboxylic acids is 1. The van der Waals surface area contributed by atoms with Crippen LogP contribution in [0.15, 0.2) is 52.9 Å². The molecule has 6 nitrogen and oxygen atoms in total. The largest absolute Gasteiger partial charge is 0.486 e. The Labute approximate surface area is 175 Å². The Kier molecular flexibility index (Phi) is 6.77. The van der Waals surface area contributed by atoms with Crippen molar-refractivity contribution >= 4 is 22.8 Å². The van der Waals surface area contributed by atoms with Crippen LogP contribution in [0.2, 0.25) is 0 Å². The molecule has 1 amide bonds. The number of ether oxygens (including phenoxy) is 1. The molecule has 1 heterocycles. The van der Waals surface area contributed by atoms with E-state index in [-0.39, 0.29) is 17.9 Å². The summed E-state index contributed by atoms with van der Waals surface area (Å²) in [6, 6.07) is 15.6. The molecule has 158 valence electrons. The van der Waals surface area contributed by atoms with Crippen molar-refractivity contribution in [1.82, 2.24) is 5.32 Å². The van der Waals surface area contributed by atoms with Crippen LogP contribution in [0.1, 0.15) is 54.0 Å². The van der Waals surface area contributed by atoms with Gasteiger partial charge in [0.05, 0.1) is 11.5 Å². The Balaban J connectivity index is 0.000000310. The first-order chi connectivity index (χ1) is 14.4. The van der Waals surface area contributed by atoms with Gasteiger partial charge in [-0.25, -0.2) is 0 Å². The number of carboxylic acid groups (broad SMARTS) is 1. The maximum Gasteiger partial charge on any atom is 0.306 e. The van der Waals surface area contributed by atoms with Crippen LogP contribution in [0.25, 0.3) is 11.0 Å². The molecule has 1 aromatic heterocycles. The van der Waals surface area contributed by atoms with Crippen molar-refractivity contribution in [2.45, 2.75) is 39.2 Å². The number of amides is 1. The normalized spacial score (nSPS) is 14.2. The van der Waals surface area contributed by atoms with E-state index in [1.54, 1.807) is 14.0 Å². The molecule has 0 aliphatic heterocycles. The quantitative estimate of drug-likeness (QED) is 0.611. The van der Waals surface area contributed by atoms with Crippen molar-refractivity contribution in [2.75, 3.05) is 7.05 Å². The van der Waals surface area contributed by atoms with Crippen molar-refractivity contribution in [3.05, 3.63) is 65.4 Å². The highest BCUT2D eigenvalue weighted by molar-refractivity contribution is 6.07. The third kappa shape index (κ3) is 4.82. The molecule has 1 aliphatic rings. The second kappa shape index (κ2) is 9.48. The van der Waals surface area contributed by atoms with Gasteiger partial charge in [-0.1, -0.05) is 36.8 Å². The van der Waals surface area contributed by atoms with Gasteiger partial charge in [0.15, 0.2) is 0 Å². The minimum Gasteiger partial charge on any atom is -0.486 e. The lowest BCUT2D eigenvalue weighted by Crippen LogP contribution is -2.20.